The summed E-state index contributed by atoms with van der Waals surface area (Å²) < 4.78 is 47.9. The van der Waals surface area contributed by atoms with Crippen molar-refractivity contribution < 1.29 is 27.5 Å². The molecule has 0 spiro atoms. The molecule has 8 nitrogen and oxygen atoms in total. The number of alkyl halides is 3. The average molecular weight is 606 g/mol. The second kappa shape index (κ2) is 12.1. The molecule has 2 amide bonds. The van der Waals surface area contributed by atoms with Gasteiger partial charge in [-0.3, -0.25) is 14.5 Å². The largest absolute Gasteiger partial charge is 0.444 e. The first-order valence-electron chi connectivity index (χ1n) is 14.3. The quantitative estimate of drug-likeness (QED) is 0.217. The first-order valence-corrected chi connectivity index (χ1v) is 14.3. The third kappa shape index (κ3) is 7.64. The van der Waals surface area contributed by atoms with Crippen molar-refractivity contribution >= 4 is 12.0 Å². The van der Waals surface area contributed by atoms with Crippen LogP contribution in [-0.2, 0) is 17.5 Å². The Hall–Kier alpha value is -4.67. The highest BCUT2D eigenvalue weighted by Gasteiger charge is 2.31. The fourth-order valence-corrected chi connectivity index (χ4v) is 4.72. The van der Waals surface area contributed by atoms with Crippen LogP contribution < -0.4 is 10.6 Å². The van der Waals surface area contributed by atoms with Gasteiger partial charge in [0.05, 0.1) is 29.4 Å². The molecular formula is C33H34F3N5O3. The van der Waals surface area contributed by atoms with Crippen molar-refractivity contribution in [3.8, 4) is 22.3 Å². The maximum Gasteiger partial charge on any atom is 0.416 e. The maximum absolute atomic E-state index is 13.6. The molecule has 44 heavy (non-hydrogen) atoms. The van der Waals surface area contributed by atoms with Crippen LogP contribution in [0.2, 0.25) is 0 Å². The number of benzene rings is 2. The smallest absolute Gasteiger partial charge is 0.416 e. The minimum absolute atomic E-state index is 0.0228. The van der Waals surface area contributed by atoms with Gasteiger partial charge in [0.15, 0.2) is 0 Å². The number of nitrogens with one attached hydrogen (secondary N) is 2. The molecule has 11 heteroatoms. The van der Waals surface area contributed by atoms with Crippen LogP contribution >= 0.6 is 0 Å². The molecule has 230 valence electrons. The van der Waals surface area contributed by atoms with E-state index in [2.05, 4.69) is 20.7 Å². The molecule has 2 aromatic heterocycles. The number of carbonyl (C=O) groups is 2. The molecule has 0 unspecified atom stereocenters. The van der Waals surface area contributed by atoms with Gasteiger partial charge in [-0.1, -0.05) is 30.3 Å². The van der Waals surface area contributed by atoms with E-state index in [4.69, 9.17) is 4.74 Å². The van der Waals surface area contributed by atoms with E-state index in [1.807, 2.05) is 17.8 Å². The van der Waals surface area contributed by atoms with Crippen molar-refractivity contribution in [3.63, 3.8) is 0 Å². The molecule has 0 radical (unpaired) electrons. The first kappa shape index (κ1) is 30.8. The number of pyridine rings is 1. The van der Waals surface area contributed by atoms with Crippen LogP contribution in [0.25, 0.3) is 22.3 Å². The molecule has 1 saturated carbocycles. The maximum atomic E-state index is 13.6. The molecule has 2 N–H and O–H groups in total. The van der Waals surface area contributed by atoms with E-state index in [1.165, 1.54) is 12.3 Å². The van der Waals surface area contributed by atoms with Gasteiger partial charge < -0.3 is 15.4 Å². The second-order valence-corrected chi connectivity index (χ2v) is 11.9. The van der Waals surface area contributed by atoms with Gasteiger partial charge in [0.25, 0.3) is 5.91 Å². The summed E-state index contributed by atoms with van der Waals surface area (Å²) in [5.41, 5.74) is 2.68. The summed E-state index contributed by atoms with van der Waals surface area (Å²) in [5.74, 6) is -0.307. The highest BCUT2D eigenvalue weighted by molar-refractivity contribution is 5.95. The van der Waals surface area contributed by atoms with Crippen LogP contribution in [0.5, 0.6) is 0 Å². The van der Waals surface area contributed by atoms with Gasteiger partial charge in [-0.2, -0.15) is 18.3 Å². The SMILES string of the molecule is C[C@@H](NC(=O)c1cncc(-c2cnn(C3CC3)c2)c1)c1ccc(-c2cc(C(F)(F)F)ccc2CNC(=O)OC(C)(C)C)cc1. The lowest BCUT2D eigenvalue weighted by Crippen LogP contribution is -2.32. The zero-order chi connectivity index (χ0) is 31.6. The molecule has 0 aliphatic heterocycles. The Kier molecular flexibility index (Phi) is 8.49. The van der Waals surface area contributed by atoms with Crippen LogP contribution in [0.1, 0.15) is 79.7 Å². The standard InChI is InChI=1S/C33H34F3N5O3/c1-20(40-30(42)25-13-24(15-37-16-25)26-18-39-41(19-26)28-11-12-28)21-5-7-22(8-6-21)29-14-27(33(34,35)36)10-9-23(29)17-38-31(43)44-32(2,3)4/h5-10,13-16,18-20,28H,11-12,17H2,1-4H3,(H,38,43)(H,40,42)/t20-/m1/s1. The van der Waals surface area contributed by atoms with Gasteiger partial charge in [0, 0.05) is 36.3 Å². The average Bonchev–Trinajstić information content (AvgIpc) is 3.70. The summed E-state index contributed by atoms with van der Waals surface area (Å²) in [6, 6.07) is 12.1. The predicted molar refractivity (Wildman–Crippen MR) is 160 cm³/mol. The van der Waals surface area contributed by atoms with Crippen molar-refractivity contribution in [2.75, 3.05) is 0 Å². The number of hydrogen-bond acceptors (Lipinski definition) is 5. The van der Waals surface area contributed by atoms with E-state index >= 15 is 0 Å². The van der Waals surface area contributed by atoms with Crippen LogP contribution in [0, 0.1) is 0 Å². The lowest BCUT2D eigenvalue weighted by atomic mass is 9.95. The highest BCUT2D eigenvalue weighted by Crippen LogP contribution is 2.36. The fraction of sp³-hybridized carbons (Fsp3) is 0.333. The molecule has 1 fully saturated rings. The van der Waals surface area contributed by atoms with Crippen molar-refractivity contribution in [1.82, 2.24) is 25.4 Å². The lowest BCUT2D eigenvalue weighted by Gasteiger charge is -2.20. The van der Waals surface area contributed by atoms with Gasteiger partial charge >= 0.3 is 12.3 Å². The summed E-state index contributed by atoms with van der Waals surface area (Å²) in [6.07, 6.45) is 3.96. The zero-order valence-corrected chi connectivity index (χ0v) is 24.9. The van der Waals surface area contributed by atoms with Crippen LogP contribution in [0.4, 0.5) is 18.0 Å². The van der Waals surface area contributed by atoms with Gasteiger partial charge in [-0.15, -0.1) is 0 Å². The highest BCUT2D eigenvalue weighted by atomic mass is 19.4. The Morgan fingerprint density at radius 1 is 0.977 bits per heavy atom. The Balaban J connectivity index is 1.30. The van der Waals surface area contributed by atoms with Gasteiger partial charge in [-0.25, -0.2) is 4.79 Å². The Labute approximate surface area is 253 Å². The van der Waals surface area contributed by atoms with Crippen molar-refractivity contribution in [1.29, 1.82) is 0 Å². The van der Waals surface area contributed by atoms with Crippen molar-refractivity contribution in [2.24, 2.45) is 0 Å². The van der Waals surface area contributed by atoms with Crippen LogP contribution in [0.15, 0.2) is 73.3 Å². The minimum atomic E-state index is -4.53. The van der Waals surface area contributed by atoms with E-state index in [-0.39, 0.29) is 12.5 Å². The number of halogens is 3. The minimum Gasteiger partial charge on any atom is -0.444 e. The number of hydrogen-bond donors (Lipinski definition) is 2. The number of amides is 2. The predicted octanol–water partition coefficient (Wildman–Crippen LogP) is 7.48. The van der Waals surface area contributed by atoms with Crippen molar-refractivity contribution in [2.45, 2.75) is 70.9 Å². The van der Waals surface area contributed by atoms with E-state index in [0.29, 0.717) is 28.3 Å². The summed E-state index contributed by atoms with van der Waals surface area (Å²) >= 11 is 0. The Morgan fingerprint density at radius 2 is 1.70 bits per heavy atom. The monoisotopic (exact) mass is 605 g/mol. The van der Waals surface area contributed by atoms with Crippen molar-refractivity contribution in [3.05, 3.63) is 95.6 Å². The fourth-order valence-electron chi connectivity index (χ4n) is 4.72. The molecule has 0 bridgehead atoms. The molecular weight excluding hydrogens is 571 g/mol. The number of alkyl carbamates (subject to hydrolysis) is 1. The number of aromatic nitrogens is 3. The van der Waals surface area contributed by atoms with E-state index in [0.717, 1.165) is 41.7 Å². The van der Waals surface area contributed by atoms with E-state index in [1.54, 1.807) is 63.5 Å². The number of nitrogens with zero attached hydrogens (tertiary/aromatic N) is 3. The molecule has 5 rings (SSSR count). The summed E-state index contributed by atoms with van der Waals surface area (Å²) in [5, 5.41) is 9.99. The van der Waals surface area contributed by atoms with Gasteiger partial charge in [0.2, 0.25) is 0 Å². The van der Waals surface area contributed by atoms with Gasteiger partial charge in [0.1, 0.15) is 5.60 Å². The topological polar surface area (TPSA) is 98.1 Å². The van der Waals surface area contributed by atoms with E-state index < -0.39 is 29.5 Å². The normalized spacial score (nSPS) is 14.2. The third-order valence-electron chi connectivity index (χ3n) is 7.18. The zero-order valence-electron chi connectivity index (χ0n) is 24.9. The molecule has 1 aliphatic rings. The molecule has 4 aromatic rings. The number of ether oxygens (including phenoxy) is 1. The Morgan fingerprint density at radius 3 is 2.36 bits per heavy atom. The summed E-state index contributed by atoms with van der Waals surface area (Å²) in [6.45, 7) is 6.97. The number of carbonyl (C=O) groups excluding carboxylic acids is 2. The van der Waals surface area contributed by atoms with E-state index in [9.17, 15) is 22.8 Å². The Bertz CT molecular complexity index is 1650. The third-order valence-corrected chi connectivity index (χ3v) is 7.18. The molecule has 1 atom stereocenters. The number of rotatable bonds is 8. The molecule has 1 aliphatic carbocycles. The van der Waals surface area contributed by atoms with Crippen LogP contribution in [0.3, 0.4) is 0 Å². The summed E-state index contributed by atoms with van der Waals surface area (Å²) in [4.78, 5) is 29.5. The van der Waals surface area contributed by atoms with Gasteiger partial charge in [-0.05, 0) is 81.0 Å². The summed E-state index contributed by atoms with van der Waals surface area (Å²) in [7, 11) is 0. The van der Waals surface area contributed by atoms with Crippen LogP contribution in [-0.4, -0.2) is 32.4 Å². The lowest BCUT2D eigenvalue weighted by molar-refractivity contribution is -0.137. The molecule has 0 saturated heterocycles. The molecule has 2 aromatic carbocycles. The molecule has 2 heterocycles. The first-order chi connectivity index (χ1) is 20.8. The second-order valence-electron chi connectivity index (χ2n) is 11.9.